The van der Waals surface area contributed by atoms with Crippen LogP contribution in [-0.4, -0.2) is 61.7 Å². The summed E-state index contributed by atoms with van der Waals surface area (Å²) >= 11 is 6.25. The highest BCUT2D eigenvalue weighted by atomic mass is 35.5. The number of amides is 2. The Hall–Kier alpha value is -2.84. The molecular formula is C21H26ClN3O5. The van der Waals surface area contributed by atoms with Crippen LogP contribution in [-0.2, 0) is 9.53 Å². The molecule has 0 aliphatic carbocycles. The summed E-state index contributed by atoms with van der Waals surface area (Å²) in [4.78, 5) is 30.5. The number of aromatic nitrogens is 1. The molecule has 2 aromatic rings. The van der Waals surface area contributed by atoms with Crippen LogP contribution in [0.2, 0.25) is 5.02 Å². The molecule has 0 spiro atoms. The second kappa shape index (κ2) is 12.0. The fourth-order valence-corrected chi connectivity index (χ4v) is 2.84. The molecule has 0 saturated heterocycles. The van der Waals surface area contributed by atoms with Crippen LogP contribution < -0.4 is 14.8 Å². The van der Waals surface area contributed by atoms with Crippen LogP contribution in [0.25, 0.3) is 0 Å². The van der Waals surface area contributed by atoms with Gasteiger partial charge in [0.1, 0.15) is 17.9 Å². The summed E-state index contributed by atoms with van der Waals surface area (Å²) in [6.07, 6.45) is 1.54. The first-order valence-corrected chi connectivity index (χ1v) is 9.96. The van der Waals surface area contributed by atoms with Gasteiger partial charge in [-0.05, 0) is 44.2 Å². The number of hydrogen-bond donors (Lipinski definition) is 1. The minimum absolute atomic E-state index is 0.106. The van der Waals surface area contributed by atoms with Gasteiger partial charge in [0.15, 0.2) is 6.61 Å². The number of nitrogens with zero attached hydrogens (tertiary/aromatic N) is 2. The van der Waals surface area contributed by atoms with Crippen molar-refractivity contribution in [3.8, 4) is 11.6 Å². The second-order valence-electron chi connectivity index (χ2n) is 6.15. The van der Waals surface area contributed by atoms with E-state index in [9.17, 15) is 9.59 Å². The van der Waals surface area contributed by atoms with Gasteiger partial charge in [0, 0.05) is 32.1 Å². The molecule has 0 bridgehead atoms. The molecule has 162 valence electrons. The molecule has 8 nitrogen and oxygen atoms in total. The van der Waals surface area contributed by atoms with Crippen LogP contribution in [0.5, 0.6) is 11.6 Å². The number of methoxy groups -OCH3 is 1. The lowest BCUT2D eigenvalue weighted by Gasteiger charge is -2.19. The van der Waals surface area contributed by atoms with Gasteiger partial charge < -0.3 is 24.4 Å². The number of hydrogen-bond acceptors (Lipinski definition) is 6. The standard InChI is InChI=1S/C21H26ClN3O5/c1-4-25(5-2)19(26)14-30-18-9-8-15(13-17(18)22)24-20(27)16-7-6-10-23-21(16)29-12-11-28-3/h6-10,13H,4-5,11-12,14H2,1-3H3,(H,24,27). The minimum atomic E-state index is -0.392. The van der Waals surface area contributed by atoms with E-state index in [1.54, 1.807) is 48.5 Å². The molecule has 1 aromatic carbocycles. The average Bonchev–Trinajstić information content (AvgIpc) is 2.74. The van der Waals surface area contributed by atoms with Crippen molar-refractivity contribution >= 4 is 29.1 Å². The van der Waals surface area contributed by atoms with E-state index in [4.69, 9.17) is 25.8 Å². The predicted octanol–water partition coefficient (Wildman–Crippen LogP) is 3.26. The van der Waals surface area contributed by atoms with E-state index in [0.717, 1.165) is 0 Å². The van der Waals surface area contributed by atoms with Gasteiger partial charge in [-0.1, -0.05) is 11.6 Å². The van der Waals surface area contributed by atoms with Crippen molar-refractivity contribution in [1.82, 2.24) is 9.88 Å². The maximum atomic E-state index is 12.6. The van der Waals surface area contributed by atoms with Crippen molar-refractivity contribution in [2.45, 2.75) is 13.8 Å². The van der Waals surface area contributed by atoms with Gasteiger partial charge in [-0.15, -0.1) is 0 Å². The lowest BCUT2D eigenvalue weighted by Crippen LogP contribution is -2.34. The zero-order valence-electron chi connectivity index (χ0n) is 17.3. The molecule has 0 aliphatic rings. The molecule has 0 saturated carbocycles. The zero-order chi connectivity index (χ0) is 21.9. The molecule has 2 rings (SSSR count). The molecule has 1 aromatic heterocycles. The molecule has 9 heteroatoms. The summed E-state index contributed by atoms with van der Waals surface area (Å²) in [6.45, 7) is 5.59. The fraction of sp³-hybridized carbons (Fsp3) is 0.381. The van der Waals surface area contributed by atoms with Gasteiger partial charge in [0.25, 0.3) is 11.8 Å². The van der Waals surface area contributed by atoms with Crippen molar-refractivity contribution < 1.29 is 23.8 Å². The third kappa shape index (κ3) is 6.60. The van der Waals surface area contributed by atoms with Gasteiger partial charge in [-0.2, -0.15) is 0 Å². The summed E-state index contributed by atoms with van der Waals surface area (Å²) in [6, 6.07) is 8.06. The summed E-state index contributed by atoms with van der Waals surface area (Å²) in [5.41, 5.74) is 0.758. The highest BCUT2D eigenvalue weighted by Crippen LogP contribution is 2.28. The number of ether oxygens (including phenoxy) is 3. The SMILES string of the molecule is CCN(CC)C(=O)COc1ccc(NC(=O)c2cccnc2OCCOC)cc1Cl. The van der Waals surface area contributed by atoms with Crippen molar-refractivity contribution in [2.24, 2.45) is 0 Å². The third-order valence-electron chi connectivity index (χ3n) is 4.20. The Kier molecular flexibility index (Phi) is 9.37. The number of benzene rings is 1. The Labute approximate surface area is 181 Å². The zero-order valence-corrected chi connectivity index (χ0v) is 18.1. The first kappa shape index (κ1) is 23.4. The lowest BCUT2D eigenvalue weighted by atomic mass is 10.2. The molecule has 30 heavy (non-hydrogen) atoms. The quantitative estimate of drug-likeness (QED) is 0.545. The Morgan fingerprint density at radius 2 is 1.90 bits per heavy atom. The summed E-state index contributed by atoms with van der Waals surface area (Å²) < 4.78 is 16.0. The number of rotatable bonds is 11. The number of carbonyl (C=O) groups is 2. The first-order valence-electron chi connectivity index (χ1n) is 9.58. The van der Waals surface area contributed by atoms with E-state index < -0.39 is 5.91 Å². The molecule has 1 heterocycles. The maximum absolute atomic E-state index is 12.6. The first-order chi connectivity index (χ1) is 14.5. The normalized spacial score (nSPS) is 10.4. The monoisotopic (exact) mass is 435 g/mol. The topological polar surface area (TPSA) is 90.0 Å². The van der Waals surface area contributed by atoms with E-state index in [1.165, 1.54) is 0 Å². The van der Waals surface area contributed by atoms with Crippen LogP contribution in [0.4, 0.5) is 5.69 Å². The largest absolute Gasteiger partial charge is 0.482 e. The summed E-state index contributed by atoms with van der Waals surface area (Å²) in [5, 5.41) is 3.03. The van der Waals surface area contributed by atoms with Gasteiger partial charge in [0.05, 0.1) is 11.6 Å². The molecule has 2 amide bonds. The van der Waals surface area contributed by atoms with Crippen molar-refractivity contribution in [3.63, 3.8) is 0 Å². The minimum Gasteiger partial charge on any atom is -0.482 e. The molecule has 0 fully saturated rings. The summed E-state index contributed by atoms with van der Waals surface area (Å²) in [7, 11) is 1.56. The molecule has 0 unspecified atom stereocenters. The lowest BCUT2D eigenvalue weighted by molar-refractivity contribution is -0.132. The highest BCUT2D eigenvalue weighted by Gasteiger charge is 2.15. The molecule has 0 atom stereocenters. The Morgan fingerprint density at radius 3 is 2.57 bits per heavy atom. The molecule has 0 radical (unpaired) electrons. The molecular weight excluding hydrogens is 410 g/mol. The van der Waals surface area contributed by atoms with Crippen LogP contribution in [0.3, 0.4) is 0 Å². The van der Waals surface area contributed by atoms with Crippen molar-refractivity contribution in [2.75, 3.05) is 45.3 Å². The average molecular weight is 436 g/mol. The Morgan fingerprint density at radius 1 is 1.13 bits per heavy atom. The van der Waals surface area contributed by atoms with E-state index in [1.807, 2.05) is 13.8 Å². The van der Waals surface area contributed by atoms with E-state index >= 15 is 0 Å². The Bertz CT molecular complexity index is 858. The molecule has 1 N–H and O–H groups in total. The van der Waals surface area contributed by atoms with Crippen LogP contribution >= 0.6 is 11.6 Å². The number of nitrogens with one attached hydrogen (secondary N) is 1. The van der Waals surface area contributed by atoms with Crippen LogP contribution in [0, 0.1) is 0 Å². The number of anilines is 1. The van der Waals surface area contributed by atoms with E-state index in [2.05, 4.69) is 10.3 Å². The van der Waals surface area contributed by atoms with Gasteiger partial charge in [-0.25, -0.2) is 4.98 Å². The number of likely N-dealkylation sites (N-methyl/N-ethyl adjacent to an activating group) is 1. The number of carbonyl (C=O) groups excluding carboxylic acids is 2. The van der Waals surface area contributed by atoms with E-state index in [-0.39, 0.29) is 35.6 Å². The van der Waals surface area contributed by atoms with Gasteiger partial charge >= 0.3 is 0 Å². The van der Waals surface area contributed by atoms with E-state index in [0.29, 0.717) is 31.1 Å². The third-order valence-corrected chi connectivity index (χ3v) is 4.49. The fourth-order valence-electron chi connectivity index (χ4n) is 2.60. The second-order valence-corrected chi connectivity index (χ2v) is 6.56. The van der Waals surface area contributed by atoms with Crippen LogP contribution in [0.15, 0.2) is 36.5 Å². The maximum Gasteiger partial charge on any atom is 0.261 e. The van der Waals surface area contributed by atoms with Crippen molar-refractivity contribution in [1.29, 1.82) is 0 Å². The smallest absolute Gasteiger partial charge is 0.261 e. The summed E-state index contributed by atoms with van der Waals surface area (Å²) in [5.74, 6) is 0.0659. The number of halogens is 1. The highest BCUT2D eigenvalue weighted by molar-refractivity contribution is 6.32. The predicted molar refractivity (Wildman–Crippen MR) is 114 cm³/mol. The van der Waals surface area contributed by atoms with Gasteiger partial charge in [0.2, 0.25) is 5.88 Å². The van der Waals surface area contributed by atoms with Crippen LogP contribution in [0.1, 0.15) is 24.2 Å². The van der Waals surface area contributed by atoms with Crippen molar-refractivity contribution in [3.05, 3.63) is 47.1 Å². The Balaban J connectivity index is 2.02. The number of pyridine rings is 1. The van der Waals surface area contributed by atoms with Gasteiger partial charge in [-0.3, -0.25) is 9.59 Å². The molecule has 0 aliphatic heterocycles.